The number of carbonyl (C=O) groups excluding carboxylic acids is 2. The number of aromatic nitrogens is 1. The maximum atomic E-state index is 13.4. The first kappa shape index (κ1) is 24.4. The van der Waals surface area contributed by atoms with Crippen molar-refractivity contribution < 1.29 is 14.3 Å². The van der Waals surface area contributed by atoms with Crippen LogP contribution in [-0.2, 0) is 22.4 Å². The molecule has 0 bridgehead atoms. The van der Waals surface area contributed by atoms with Gasteiger partial charge in [0.05, 0.1) is 23.7 Å². The van der Waals surface area contributed by atoms with E-state index in [2.05, 4.69) is 10.6 Å². The molecule has 2 aromatic carbocycles. The Morgan fingerprint density at radius 1 is 0.943 bits per heavy atom. The van der Waals surface area contributed by atoms with E-state index in [9.17, 15) is 9.59 Å². The molecule has 0 radical (unpaired) electrons. The molecule has 0 aliphatic rings. The molecule has 0 aliphatic heterocycles. The highest BCUT2D eigenvalue weighted by Gasteiger charge is 2.26. The van der Waals surface area contributed by atoms with Gasteiger partial charge in [-0.25, -0.2) is 9.78 Å². The van der Waals surface area contributed by atoms with Crippen molar-refractivity contribution in [3.63, 3.8) is 0 Å². The van der Waals surface area contributed by atoms with Gasteiger partial charge in [0, 0.05) is 17.5 Å². The molecule has 0 saturated carbocycles. The summed E-state index contributed by atoms with van der Waals surface area (Å²) in [5.74, 6) is -0.314. The van der Waals surface area contributed by atoms with Crippen LogP contribution in [0.25, 0.3) is 9.88 Å². The highest BCUT2D eigenvalue weighted by atomic mass is 32.1. The zero-order valence-electron chi connectivity index (χ0n) is 19.1. The number of thiazole rings is 1. The molecule has 0 spiro atoms. The van der Waals surface area contributed by atoms with E-state index in [1.807, 2.05) is 77.5 Å². The number of hydrogen-bond acceptors (Lipinski definition) is 7. The smallest absolute Gasteiger partial charge is 0.407 e. The first-order valence-corrected chi connectivity index (χ1v) is 12.8. The quantitative estimate of drug-likeness (QED) is 0.282. The predicted molar refractivity (Wildman–Crippen MR) is 140 cm³/mol. The molecule has 2 heterocycles. The minimum Gasteiger partial charge on any atom is -0.453 e. The van der Waals surface area contributed by atoms with Gasteiger partial charge in [0.2, 0.25) is 5.91 Å². The summed E-state index contributed by atoms with van der Waals surface area (Å²) in [6.07, 6.45) is 0.189. The zero-order chi connectivity index (χ0) is 24.6. The van der Waals surface area contributed by atoms with Gasteiger partial charge in [0.1, 0.15) is 11.0 Å². The third kappa shape index (κ3) is 6.68. The van der Waals surface area contributed by atoms with Gasteiger partial charge in [-0.3, -0.25) is 4.79 Å². The van der Waals surface area contributed by atoms with E-state index >= 15 is 0 Å². The van der Waals surface area contributed by atoms with E-state index in [4.69, 9.17) is 15.5 Å². The predicted octanol–water partition coefficient (Wildman–Crippen LogP) is 4.82. The van der Waals surface area contributed by atoms with Crippen molar-refractivity contribution in [1.82, 2.24) is 15.6 Å². The molecule has 0 aliphatic carbocycles. The summed E-state index contributed by atoms with van der Waals surface area (Å²) in [6.45, 7) is 0. The molecule has 180 valence electrons. The normalized spacial score (nSPS) is 12.5. The number of hydrogen-bond donors (Lipinski definition) is 3. The van der Waals surface area contributed by atoms with E-state index in [1.54, 1.807) is 11.3 Å². The summed E-state index contributed by atoms with van der Waals surface area (Å²) in [5.41, 5.74) is 9.22. The van der Waals surface area contributed by atoms with Gasteiger partial charge in [-0.05, 0) is 41.1 Å². The van der Waals surface area contributed by atoms with Crippen LogP contribution in [0.2, 0.25) is 0 Å². The second-order valence-corrected chi connectivity index (χ2v) is 9.75. The molecule has 4 N–H and O–H groups in total. The summed E-state index contributed by atoms with van der Waals surface area (Å²) >= 11 is 3.16. The number of carbonyl (C=O) groups is 2. The van der Waals surface area contributed by atoms with Crippen LogP contribution in [-0.4, -0.2) is 30.1 Å². The molecule has 2 aromatic heterocycles. The van der Waals surface area contributed by atoms with Gasteiger partial charge in [-0.15, -0.1) is 22.7 Å². The number of nitrogen functional groups attached to an aromatic ring is 1. The number of ether oxygens (including phenoxy) is 1. The topological polar surface area (TPSA) is 106 Å². The summed E-state index contributed by atoms with van der Waals surface area (Å²) in [7, 11) is 1.28. The van der Waals surface area contributed by atoms with Crippen LogP contribution in [0.15, 0.2) is 77.5 Å². The van der Waals surface area contributed by atoms with E-state index in [-0.39, 0.29) is 5.91 Å². The lowest BCUT2D eigenvalue weighted by Gasteiger charge is -2.23. The van der Waals surface area contributed by atoms with Gasteiger partial charge >= 0.3 is 6.09 Å². The van der Waals surface area contributed by atoms with Crippen molar-refractivity contribution in [2.45, 2.75) is 24.9 Å². The van der Waals surface area contributed by atoms with Gasteiger partial charge in [0.25, 0.3) is 0 Å². The van der Waals surface area contributed by atoms with E-state index in [0.717, 1.165) is 26.7 Å². The number of thiophene rings is 1. The molecule has 0 fully saturated rings. The van der Waals surface area contributed by atoms with Crippen LogP contribution in [0.4, 0.5) is 10.5 Å². The molecule has 2 atom stereocenters. The largest absolute Gasteiger partial charge is 0.453 e. The molecule has 35 heavy (non-hydrogen) atoms. The van der Waals surface area contributed by atoms with Gasteiger partial charge in [-0.1, -0.05) is 48.5 Å². The van der Waals surface area contributed by atoms with E-state index in [0.29, 0.717) is 18.5 Å². The molecule has 4 aromatic rings. The van der Waals surface area contributed by atoms with E-state index < -0.39 is 18.2 Å². The molecule has 4 rings (SSSR count). The van der Waals surface area contributed by atoms with Gasteiger partial charge in [0.15, 0.2) is 0 Å². The highest BCUT2D eigenvalue weighted by Crippen LogP contribution is 2.30. The summed E-state index contributed by atoms with van der Waals surface area (Å²) in [5, 5.41) is 10.7. The molecular formula is C26H26N4O3S2. The number of benzene rings is 2. The summed E-state index contributed by atoms with van der Waals surface area (Å²) in [4.78, 5) is 31.3. The second kappa shape index (κ2) is 11.6. The minimum atomic E-state index is -0.811. The number of nitrogens with two attached hydrogens (primary N) is 1. The average Bonchev–Trinajstić information content (AvgIpc) is 3.57. The van der Waals surface area contributed by atoms with Crippen LogP contribution in [0.5, 0.6) is 0 Å². The fraction of sp³-hybridized carbons (Fsp3) is 0.192. The molecule has 0 saturated heterocycles. The Hall–Kier alpha value is -3.69. The van der Waals surface area contributed by atoms with Crippen molar-refractivity contribution in [2.75, 3.05) is 12.8 Å². The lowest BCUT2D eigenvalue weighted by Crippen LogP contribution is -2.49. The van der Waals surface area contributed by atoms with Crippen LogP contribution < -0.4 is 16.4 Å². The van der Waals surface area contributed by atoms with Crippen LogP contribution >= 0.6 is 22.7 Å². The lowest BCUT2D eigenvalue weighted by molar-refractivity contribution is -0.123. The first-order chi connectivity index (χ1) is 17.0. The van der Waals surface area contributed by atoms with Crippen molar-refractivity contribution in [3.8, 4) is 9.88 Å². The first-order valence-electron chi connectivity index (χ1n) is 11.0. The second-order valence-electron chi connectivity index (χ2n) is 7.94. The number of nitrogens with one attached hydrogen (secondary N) is 2. The number of anilines is 1. The van der Waals surface area contributed by atoms with Crippen molar-refractivity contribution in [1.29, 1.82) is 0 Å². The Kier molecular flexibility index (Phi) is 8.12. The van der Waals surface area contributed by atoms with Crippen molar-refractivity contribution in [3.05, 3.63) is 94.3 Å². The van der Waals surface area contributed by atoms with Crippen molar-refractivity contribution in [2.24, 2.45) is 0 Å². The third-order valence-corrected chi connectivity index (χ3v) is 7.32. The Labute approximate surface area is 212 Å². The Morgan fingerprint density at radius 3 is 2.37 bits per heavy atom. The van der Waals surface area contributed by atoms with E-state index in [1.165, 1.54) is 18.4 Å². The maximum Gasteiger partial charge on any atom is 0.407 e. The van der Waals surface area contributed by atoms with Crippen LogP contribution in [0.3, 0.4) is 0 Å². The Balaban J connectivity index is 1.59. The molecule has 7 nitrogen and oxygen atoms in total. The zero-order valence-corrected chi connectivity index (χ0v) is 20.8. The lowest BCUT2D eigenvalue weighted by atomic mass is 10.0. The fourth-order valence-electron chi connectivity index (χ4n) is 3.61. The number of nitrogens with zero attached hydrogens (tertiary/aromatic N) is 1. The number of amides is 2. The Bertz CT molecular complexity index is 1240. The summed E-state index contributed by atoms with van der Waals surface area (Å²) in [6, 6.07) is 19.9. The highest BCUT2D eigenvalue weighted by molar-refractivity contribution is 7.20. The average molecular weight is 507 g/mol. The molecule has 9 heteroatoms. The number of rotatable bonds is 9. The number of methoxy groups -OCH3 is 1. The Morgan fingerprint density at radius 2 is 1.69 bits per heavy atom. The maximum absolute atomic E-state index is 13.4. The molecule has 0 unspecified atom stereocenters. The summed E-state index contributed by atoms with van der Waals surface area (Å²) < 4.78 is 4.76. The van der Waals surface area contributed by atoms with Gasteiger partial charge in [-0.2, -0.15) is 0 Å². The SMILES string of the molecule is COC(=O)N[C@H](Cc1ccccc1)C(=O)N[C@H](Cc1ccc(N)cc1)c1csc(-c2cccs2)n1. The fourth-order valence-corrected chi connectivity index (χ4v) is 5.30. The standard InChI is InChI=1S/C26H26N4O3S2/c1-33-26(32)30-21(15-17-6-3-2-4-7-17)24(31)28-20(14-18-9-11-19(27)12-10-18)22-16-35-25(29-22)23-8-5-13-34-23/h2-13,16,20-21H,14-15,27H2,1H3,(H,28,31)(H,30,32)/t20-,21-/m1/s1. The van der Waals surface area contributed by atoms with Crippen LogP contribution in [0, 0.1) is 0 Å². The third-order valence-electron chi connectivity index (χ3n) is 5.42. The molecular weight excluding hydrogens is 480 g/mol. The van der Waals surface area contributed by atoms with Crippen LogP contribution in [0.1, 0.15) is 22.9 Å². The number of alkyl carbamates (subject to hydrolysis) is 1. The van der Waals surface area contributed by atoms with Crippen molar-refractivity contribution >= 4 is 40.4 Å². The van der Waals surface area contributed by atoms with Gasteiger partial charge < -0.3 is 21.1 Å². The minimum absolute atomic E-state index is 0.314. The molecule has 2 amide bonds. The monoisotopic (exact) mass is 506 g/mol.